The number of carbonyl (C=O) groups is 2. The molecule has 0 radical (unpaired) electrons. The topological polar surface area (TPSA) is 58.2 Å². The van der Waals surface area contributed by atoms with Gasteiger partial charge in [0.15, 0.2) is 0 Å². The van der Waals surface area contributed by atoms with Crippen molar-refractivity contribution in [2.24, 2.45) is 0 Å². The second-order valence-electron chi connectivity index (χ2n) is 4.09. The van der Waals surface area contributed by atoms with Gasteiger partial charge in [0, 0.05) is 24.6 Å². The lowest BCUT2D eigenvalue weighted by Crippen LogP contribution is -2.22. The van der Waals surface area contributed by atoms with E-state index in [9.17, 15) is 9.59 Å². The van der Waals surface area contributed by atoms with Crippen molar-refractivity contribution in [1.29, 1.82) is 0 Å². The molecule has 2 N–H and O–H groups in total. The minimum atomic E-state index is -0.0996. The molecule has 0 bridgehead atoms. The van der Waals surface area contributed by atoms with E-state index in [0.29, 0.717) is 13.0 Å². The maximum atomic E-state index is 11.2. The summed E-state index contributed by atoms with van der Waals surface area (Å²) < 4.78 is 0. The highest BCUT2D eigenvalue weighted by molar-refractivity contribution is 5.88. The normalized spacial score (nSPS) is 9.16. The van der Waals surface area contributed by atoms with Gasteiger partial charge in [0.25, 0.3) is 0 Å². The van der Waals surface area contributed by atoms with Gasteiger partial charge in [-0.2, -0.15) is 0 Å². The van der Waals surface area contributed by atoms with Crippen molar-refractivity contribution in [3.8, 4) is 11.8 Å². The molecular weight excluding hydrogens is 240 g/mol. The summed E-state index contributed by atoms with van der Waals surface area (Å²) in [5, 5.41) is 5.41. The van der Waals surface area contributed by atoms with Gasteiger partial charge in [0.05, 0.1) is 6.54 Å². The summed E-state index contributed by atoms with van der Waals surface area (Å²) >= 11 is 0. The summed E-state index contributed by atoms with van der Waals surface area (Å²) in [7, 11) is 0. The van der Waals surface area contributed by atoms with Crippen LogP contribution in [0.5, 0.6) is 0 Å². The Morgan fingerprint density at radius 1 is 1.21 bits per heavy atom. The van der Waals surface area contributed by atoms with E-state index in [1.54, 1.807) is 12.1 Å². The van der Waals surface area contributed by atoms with Crippen molar-refractivity contribution in [1.82, 2.24) is 5.32 Å². The maximum absolute atomic E-state index is 11.2. The van der Waals surface area contributed by atoms with Crippen LogP contribution >= 0.6 is 0 Å². The Bertz CT molecular complexity index is 495. The average molecular weight is 258 g/mol. The molecule has 4 heteroatoms. The number of carbonyl (C=O) groups excluding carboxylic acids is 2. The van der Waals surface area contributed by atoms with Gasteiger partial charge in [0.1, 0.15) is 0 Å². The predicted octanol–water partition coefficient (Wildman–Crippen LogP) is 1.91. The average Bonchev–Trinajstić information content (AvgIpc) is 2.36. The number of rotatable bonds is 4. The van der Waals surface area contributed by atoms with Crippen LogP contribution in [0, 0.1) is 11.8 Å². The van der Waals surface area contributed by atoms with Crippen molar-refractivity contribution >= 4 is 17.5 Å². The fourth-order valence-electron chi connectivity index (χ4n) is 1.44. The third-order valence-corrected chi connectivity index (χ3v) is 2.29. The van der Waals surface area contributed by atoms with E-state index in [0.717, 1.165) is 17.7 Å². The van der Waals surface area contributed by atoms with Gasteiger partial charge in [-0.15, -0.1) is 0 Å². The van der Waals surface area contributed by atoms with Crippen molar-refractivity contribution in [3.63, 3.8) is 0 Å². The lowest BCUT2D eigenvalue weighted by atomic mass is 10.2. The number of amides is 2. The van der Waals surface area contributed by atoms with E-state index < -0.39 is 0 Å². The maximum Gasteiger partial charge on any atom is 0.221 e. The number of benzene rings is 1. The Labute approximate surface area is 113 Å². The Morgan fingerprint density at radius 3 is 2.47 bits per heavy atom. The van der Waals surface area contributed by atoms with Crippen LogP contribution in [0.25, 0.3) is 0 Å². The van der Waals surface area contributed by atoms with Gasteiger partial charge in [-0.3, -0.25) is 9.59 Å². The SMILES string of the molecule is CCCC(=O)NCC#Cc1ccc(NC(C)=O)cc1. The summed E-state index contributed by atoms with van der Waals surface area (Å²) in [6, 6.07) is 7.24. The Kier molecular flexibility index (Phi) is 6.17. The van der Waals surface area contributed by atoms with E-state index in [-0.39, 0.29) is 11.8 Å². The molecule has 0 spiro atoms. The number of anilines is 1. The first-order valence-corrected chi connectivity index (χ1v) is 6.25. The molecule has 0 saturated heterocycles. The van der Waals surface area contributed by atoms with Crippen LogP contribution in [0.1, 0.15) is 32.3 Å². The molecule has 0 atom stereocenters. The first-order valence-electron chi connectivity index (χ1n) is 6.25. The fraction of sp³-hybridized carbons (Fsp3) is 0.333. The molecule has 0 aliphatic heterocycles. The van der Waals surface area contributed by atoms with Gasteiger partial charge in [-0.1, -0.05) is 18.8 Å². The highest BCUT2D eigenvalue weighted by Crippen LogP contribution is 2.08. The molecule has 0 unspecified atom stereocenters. The van der Waals surface area contributed by atoms with Gasteiger partial charge in [0.2, 0.25) is 11.8 Å². The van der Waals surface area contributed by atoms with Crippen LogP contribution in [0.2, 0.25) is 0 Å². The van der Waals surface area contributed by atoms with Crippen LogP contribution in [0.4, 0.5) is 5.69 Å². The first kappa shape index (κ1) is 14.8. The number of hydrogen-bond donors (Lipinski definition) is 2. The summed E-state index contributed by atoms with van der Waals surface area (Å²) in [6.45, 7) is 3.78. The highest BCUT2D eigenvalue weighted by Gasteiger charge is 1.96. The molecule has 1 aromatic rings. The zero-order valence-electron chi connectivity index (χ0n) is 11.2. The second kappa shape index (κ2) is 7.93. The third kappa shape index (κ3) is 6.27. The highest BCUT2D eigenvalue weighted by atomic mass is 16.2. The van der Waals surface area contributed by atoms with Gasteiger partial charge in [-0.05, 0) is 30.7 Å². The molecule has 0 aromatic heterocycles. The fourth-order valence-corrected chi connectivity index (χ4v) is 1.44. The van der Waals surface area contributed by atoms with E-state index in [1.165, 1.54) is 6.92 Å². The summed E-state index contributed by atoms with van der Waals surface area (Å²) in [5.41, 5.74) is 1.59. The minimum Gasteiger partial charge on any atom is -0.345 e. The van der Waals surface area contributed by atoms with E-state index in [1.807, 2.05) is 19.1 Å². The third-order valence-electron chi connectivity index (χ3n) is 2.29. The summed E-state index contributed by atoms with van der Waals surface area (Å²) in [4.78, 5) is 22.0. The van der Waals surface area contributed by atoms with Crippen molar-refractivity contribution in [2.45, 2.75) is 26.7 Å². The molecule has 2 amide bonds. The largest absolute Gasteiger partial charge is 0.345 e. The molecule has 4 nitrogen and oxygen atoms in total. The zero-order chi connectivity index (χ0) is 14.1. The van der Waals surface area contributed by atoms with Gasteiger partial charge < -0.3 is 10.6 Å². The molecule has 0 aliphatic carbocycles. The lowest BCUT2D eigenvalue weighted by molar-refractivity contribution is -0.120. The molecule has 1 rings (SSSR count). The predicted molar refractivity (Wildman–Crippen MR) is 75.5 cm³/mol. The van der Waals surface area contributed by atoms with Crippen molar-refractivity contribution < 1.29 is 9.59 Å². The van der Waals surface area contributed by atoms with E-state index in [2.05, 4.69) is 22.5 Å². The number of nitrogens with one attached hydrogen (secondary N) is 2. The zero-order valence-corrected chi connectivity index (χ0v) is 11.2. The Morgan fingerprint density at radius 2 is 1.89 bits per heavy atom. The van der Waals surface area contributed by atoms with Crippen LogP contribution in [-0.4, -0.2) is 18.4 Å². The van der Waals surface area contributed by atoms with Gasteiger partial charge in [-0.25, -0.2) is 0 Å². The van der Waals surface area contributed by atoms with Crippen molar-refractivity contribution in [2.75, 3.05) is 11.9 Å². The van der Waals surface area contributed by atoms with Crippen molar-refractivity contribution in [3.05, 3.63) is 29.8 Å². The van der Waals surface area contributed by atoms with E-state index in [4.69, 9.17) is 0 Å². The molecule has 0 fully saturated rings. The van der Waals surface area contributed by atoms with Crippen LogP contribution in [-0.2, 0) is 9.59 Å². The quantitative estimate of drug-likeness (QED) is 0.810. The second-order valence-corrected chi connectivity index (χ2v) is 4.09. The first-order chi connectivity index (χ1) is 9.11. The summed E-state index contributed by atoms with van der Waals surface area (Å²) in [5.74, 6) is 5.75. The summed E-state index contributed by atoms with van der Waals surface area (Å²) in [6.07, 6.45) is 1.37. The van der Waals surface area contributed by atoms with Crippen LogP contribution in [0.3, 0.4) is 0 Å². The molecule has 0 aliphatic rings. The van der Waals surface area contributed by atoms with Crippen LogP contribution < -0.4 is 10.6 Å². The molecule has 1 aromatic carbocycles. The molecule has 100 valence electrons. The lowest BCUT2D eigenvalue weighted by Gasteiger charge is -2.00. The molecule has 0 saturated carbocycles. The molecule has 0 heterocycles. The van der Waals surface area contributed by atoms with Crippen LogP contribution in [0.15, 0.2) is 24.3 Å². The monoisotopic (exact) mass is 258 g/mol. The standard InChI is InChI=1S/C15H18N2O2/c1-3-5-15(19)16-11-4-6-13-7-9-14(10-8-13)17-12(2)18/h7-10H,3,5,11H2,1-2H3,(H,16,19)(H,17,18). The molecular formula is C15H18N2O2. The van der Waals surface area contributed by atoms with Gasteiger partial charge >= 0.3 is 0 Å². The molecule has 19 heavy (non-hydrogen) atoms. The Balaban J connectivity index is 2.45. The minimum absolute atomic E-state index is 0.0257. The smallest absolute Gasteiger partial charge is 0.221 e. The Hall–Kier alpha value is -2.28. The number of hydrogen-bond acceptors (Lipinski definition) is 2. The van der Waals surface area contributed by atoms with E-state index >= 15 is 0 Å².